The summed E-state index contributed by atoms with van der Waals surface area (Å²) < 4.78 is 0. The van der Waals surface area contributed by atoms with Gasteiger partial charge in [0.2, 0.25) is 0 Å². The highest BCUT2D eigenvalue weighted by atomic mass is 35.5. The summed E-state index contributed by atoms with van der Waals surface area (Å²) in [7, 11) is 0. The minimum Gasteiger partial charge on any atom is -0.394 e. The fraction of sp³-hybridized carbons (Fsp3) is 0.538. The number of piperazine rings is 1. The Labute approximate surface area is 107 Å². The third-order valence-corrected chi connectivity index (χ3v) is 3.76. The van der Waals surface area contributed by atoms with E-state index in [-0.39, 0.29) is 12.6 Å². The van der Waals surface area contributed by atoms with Crippen molar-refractivity contribution in [3.05, 3.63) is 34.3 Å². The zero-order valence-electron chi connectivity index (χ0n) is 10.1. The minimum absolute atomic E-state index is 0.0908. The third-order valence-electron chi connectivity index (χ3n) is 3.33. The molecule has 0 unspecified atom stereocenters. The van der Waals surface area contributed by atoms with E-state index in [9.17, 15) is 5.11 Å². The maximum absolute atomic E-state index is 9.60. The van der Waals surface area contributed by atoms with Crippen LogP contribution in [0.1, 0.15) is 17.2 Å². The Morgan fingerprint density at radius 2 is 2.12 bits per heavy atom. The van der Waals surface area contributed by atoms with Gasteiger partial charge < -0.3 is 10.4 Å². The molecule has 1 aromatic rings. The number of nitrogens with one attached hydrogen (secondary N) is 1. The summed E-state index contributed by atoms with van der Waals surface area (Å²) in [4.78, 5) is 2.32. The van der Waals surface area contributed by atoms with E-state index < -0.39 is 0 Å². The average Bonchev–Trinajstić information content (AvgIpc) is 2.36. The van der Waals surface area contributed by atoms with Crippen molar-refractivity contribution in [1.82, 2.24) is 10.2 Å². The van der Waals surface area contributed by atoms with Crippen molar-refractivity contribution in [2.75, 3.05) is 32.8 Å². The molecule has 2 N–H and O–H groups in total. The van der Waals surface area contributed by atoms with Gasteiger partial charge in [-0.1, -0.05) is 23.7 Å². The molecule has 1 fully saturated rings. The molecular weight excluding hydrogens is 236 g/mol. The van der Waals surface area contributed by atoms with Gasteiger partial charge in [0.15, 0.2) is 0 Å². The molecule has 0 amide bonds. The molecule has 4 heteroatoms. The first-order valence-corrected chi connectivity index (χ1v) is 6.42. The maximum Gasteiger partial charge on any atom is 0.0628 e. The predicted octanol–water partition coefficient (Wildman–Crippen LogP) is 1.59. The Hall–Kier alpha value is -0.610. The maximum atomic E-state index is 9.60. The van der Waals surface area contributed by atoms with E-state index in [4.69, 9.17) is 11.6 Å². The standard InChI is InChI=1S/C13H19ClN2O/c1-10-8-11(2-3-12(10)14)13(9-17)16-6-4-15-5-7-16/h2-3,8,13,15,17H,4-7,9H2,1H3/t13-/m0/s1. The lowest BCUT2D eigenvalue weighted by Gasteiger charge is -2.34. The van der Waals surface area contributed by atoms with Gasteiger partial charge in [0.25, 0.3) is 0 Å². The quantitative estimate of drug-likeness (QED) is 0.860. The summed E-state index contributed by atoms with van der Waals surface area (Å²) >= 11 is 6.03. The van der Waals surface area contributed by atoms with Crippen LogP contribution in [0.2, 0.25) is 5.02 Å². The first-order valence-electron chi connectivity index (χ1n) is 6.04. The molecule has 1 aliphatic heterocycles. The topological polar surface area (TPSA) is 35.5 Å². The highest BCUT2D eigenvalue weighted by Crippen LogP contribution is 2.24. The number of aliphatic hydroxyl groups excluding tert-OH is 1. The average molecular weight is 255 g/mol. The highest BCUT2D eigenvalue weighted by molar-refractivity contribution is 6.31. The Morgan fingerprint density at radius 1 is 1.41 bits per heavy atom. The fourth-order valence-electron chi connectivity index (χ4n) is 2.30. The molecule has 0 bridgehead atoms. The summed E-state index contributed by atoms with van der Waals surface area (Å²) in [5.74, 6) is 0. The van der Waals surface area contributed by atoms with Crippen molar-refractivity contribution < 1.29 is 5.11 Å². The van der Waals surface area contributed by atoms with Crippen molar-refractivity contribution in [3.8, 4) is 0 Å². The number of aliphatic hydroxyl groups is 1. The molecule has 17 heavy (non-hydrogen) atoms. The molecule has 3 nitrogen and oxygen atoms in total. The van der Waals surface area contributed by atoms with Crippen LogP contribution in [0.4, 0.5) is 0 Å². The molecule has 94 valence electrons. The minimum atomic E-state index is 0.0908. The zero-order valence-corrected chi connectivity index (χ0v) is 10.9. The summed E-state index contributed by atoms with van der Waals surface area (Å²) in [6.45, 7) is 6.09. The molecule has 1 aromatic carbocycles. The van der Waals surface area contributed by atoms with Crippen LogP contribution >= 0.6 is 11.6 Å². The second kappa shape index (κ2) is 5.83. The summed E-state index contributed by atoms with van der Waals surface area (Å²) in [5, 5.41) is 13.7. The first-order chi connectivity index (χ1) is 8.22. The van der Waals surface area contributed by atoms with Crippen molar-refractivity contribution in [1.29, 1.82) is 0 Å². The molecule has 2 rings (SSSR count). The molecule has 1 heterocycles. The van der Waals surface area contributed by atoms with E-state index in [0.29, 0.717) is 0 Å². The van der Waals surface area contributed by atoms with E-state index in [1.54, 1.807) is 0 Å². The zero-order chi connectivity index (χ0) is 12.3. The summed E-state index contributed by atoms with van der Waals surface area (Å²) in [6.07, 6.45) is 0. The van der Waals surface area contributed by atoms with Gasteiger partial charge in [-0.25, -0.2) is 0 Å². The van der Waals surface area contributed by atoms with Crippen LogP contribution in [-0.4, -0.2) is 42.8 Å². The van der Waals surface area contributed by atoms with Crippen LogP contribution in [0.3, 0.4) is 0 Å². The number of rotatable bonds is 3. The van der Waals surface area contributed by atoms with E-state index in [1.807, 2.05) is 19.1 Å². The summed E-state index contributed by atoms with van der Waals surface area (Å²) in [6, 6.07) is 6.09. The number of benzene rings is 1. The molecule has 0 aromatic heterocycles. The SMILES string of the molecule is Cc1cc([C@H](CO)N2CCNCC2)ccc1Cl. The second-order valence-electron chi connectivity index (χ2n) is 4.49. The van der Waals surface area contributed by atoms with E-state index in [1.165, 1.54) is 0 Å². The van der Waals surface area contributed by atoms with Crippen LogP contribution < -0.4 is 5.32 Å². The monoisotopic (exact) mass is 254 g/mol. The third kappa shape index (κ3) is 2.99. The van der Waals surface area contributed by atoms with Crippen LogP contribution in [0.15, 0.2) is 18.2 Å². The molecule has 0 saturated carbocycles. The number of aryl methyl sites for hydroxylation is 1. The van der Waals surface area contributed by atoms with Crippen LogP contribution in [0, 0.1) is 6.92 Å². The van der Waals surface area contributed by atoms with Gasteiger partial charge in [0.05, 0.1) is 12.6 Å². The van der Waals surface area contributed by atoms with Crippen molar-refractivity contribution in [2.45, 2.75) is 13.0 Å². The normalized spacial score (nSPS) is 19.2. The van der Waals surface area contributed by atoms with Crippen LogP contribution in [0.25, 0.3) is 0 Å². The van der Waals surface area contributed by atoms with Gasteiger partial charge in [0.1, 0.15) is 0 Å². The Balaban J connectivity index is 2.18. The first kappa shape index (κ1) is 12.8. The van der Waals surface area contributed by atoms with Crippen LogP contribution in [0.5, 0.6) is 0 Å². The van der Waals surface area contributed by atoms with Crippen molar-refractivity contribution >= 4 is 11.6 Å². The van der Waals surface area contributed by atoms with Gasteiger partial charge in [-0.2, -0.15) is 0 Å². The Bertz CT molecular complexity index is 378. The molecular formula is C13H19ClN2O. The largest absolute Gasteiger partial charge is 0.394 e. The lowest BCUT2D eigenvalue weighted by atomic mass is 10.0. The van der Waals surface area contributed by atoms with E-state index in [2.05, 4.69) is 16.3 Å². The van der Waals surface area contributed by atoms with Gasteiger partial charge in [-0.3, -0.25) is 4.90 Å². The van der Waals surface area contributed by atoms with Crippen molar-refractivity contribution in [3.63, 3.8) is 0 Å². The van der Waals surface area contributed by atoms with E-state index >= 15 is 0 Å². The lowest BCUT2D eigenvalue weighted by Crippen LogP contribution is -2.46. The number of hydrogen-bond donors (Lipinski definition) is 2. The van der Waals surface area contributed by atoms with E-state index in [0.717, 1.165) is 42.3 Å². The molecule has 0 aliphatic carbocycles. The number of halogens is 1. The lowest BCUT2D eigenvalue weighted by molar-refractivity contribution is 0.111. The number of hydrogen-bond acceptors (Lipinski definition) is 3. The van der Waals surface area contributed by atoms with Gasteiger partial charge in [0, 0.05) is 31.2 Å². The Kier molecular flexibility index (Phi) is 4.40. The second-order valence-corrected chi connectivity index (χ2v) is 4.90. The Morgan fingerprint density at radius 3 is 2.71 bits per heavy atom. The molecule has 0 radical (unpaired) electrons. The van der Waals surface area contributed by atoms with Gasteiger partial charge in [-0.15, -0.1) is 0 Å². The molecule has 1 saturated heterocycles. The molecule has 1 atom stereocenters. The highest BCUT2D eigenvalue weighted by Gasteiger charge is 2.21. The fourth-order valence-corrected chi connectivity index (χ4v) is 2.42. The molecule has 0 spiro atoms. The molecule has 1 aliphatic rings. The summed E-state index contributed by atoms with van der Waals surface area (Å²) in [5.41, 5.74) is 2.22. The van der Waals surface area contributed by atoms with Crippen LogP contribution in [-0.2, 0) is 0 Å². The van der Waals surface area contributed by atoms with Gasteiger partial charge >= 0.3 is 0 Å². The smallest absolute Gasteiger partial charge is 0.0628 e. The van der Waals surface area contributed by atoms with Gasteiger partial charge in [-0.05, 0) is 24.1 Å². The predicted molar refractivity (Wildman–Crippen MR) is 70.5 cm³/mol. The number of nitrogens with zero attached hydrogens (tertiary/aromatic N) is 1. The van der Waals surface area contributed by atoms with Crippen molar-refractivity contribution in [2.24, 2.45) is 0 Å².